The van der Waals surface area contributed by atoms with Gasteiger partial charge in [0, 0.05) is 36.9 Å². The molecule has 0 amide bonds. The molecule has 9 aromatic rings. The van der Waals surface area contributed by atoms with Crippen molar-refractivity contribution in [1.29, 1.82) is 0 Å². The van der Waals surface area contributed by atoms with Gasteiger partial charge in [-0.3, -0.25) is 0 Å². The molecule has 0 bridgehead atoms. The summed E-state index contributed by atoms with van der Waals surface area (Å²) in [5.74, 6) is 1.97. The lowest BCUT2D eigenvalue weighted by Gasteiger charge is -2.10. The second-order valence-corrected chi connectivity index (χ2v) is 13.1. The molecule has 0 unspecified atom stereocenters. The van der Waals surface area contributed by atoms with Crippen LogP contribution >= 0.6 is 11.3 Å². The average molecular weight is 644 g/mol. The number of nitrogens with zero attached hydrogens (tertiary/aromatic N) is 3. The van der Waals surface area contributed by atoms with Crippen molar-refractivity contribution in [2.24, 2.45) is 0 Å². The first-order chi connectivity index (χ1) is 24.3. The zero-order chi connectivity index (χ0) is 32.6. The van der Waals surface area contributed by atoms with E-state index in [9.17, 15) is 0 Å². The van der Waals surface area contributed by atoms with Crippen molar-refractivity contribution in [3.8, 4) is 67.5 Å². The lowest BCUT2D eigenvalue weighted by Crippen LogP contribution is -2.00. The maximum Gasteiger partial charge on any atom is 0.164 e. The average Bonchev–Trinajstić information content (AvgIpc) is 3.57. The molecule has 49 heavy (non-hydrogen) atoms. The number of fused-ring (bicyclic) bond motifs is 3. The van der Waals surface area contributed by atoms with Gasteiger partial charge in [0.25, 0.3) is 0 Å². The predicted octanol–water partition coefficient (Wildman–Crippen LogP) is 12.2. The van der Waals surface area contributed by atoms with Crippen molar-refractivity contribution in [1.82, 2.24) is 15.0 Å². The first-order valence-electron chi connectivity index (χ1n) is 16.4. The fourth-order valence-electron chi connectivity index (χ4n) is 6.50. The minimum absolute atomic E-state index is 0.651. The number of rotatable bonds is 6. The molecule has 230 valence electrons. The number of aromatic nitrogens is 3. The Bertz CT molecular complexity index is 2520. The summed E-state index contributed by atoms with van der Waals surface area (Å²) in [6.45, 7) is 0. The molecule has 0 saturated carbocycles. The van der Waals surface area contributed by atoms with Crippen molar-refractivity contribution in [2.75, 3.05) is 0 Å². The normalized spacial score (nSPS) is 11.3. The van der Waals surface area contributed by atoms with Crippen LogP contribution in [0, 0.1) is 0 Å². The minimum atomic E-state index is 0.651. The number of thiophene rings is 1. The van der Waals surface area contributed by atoms with Gasteiger partial charge in [-0.1, -0.05) is 152 Å². The summed E-state index contributed by atoms with van der Waals surface area (Å²) in [5, 5.41) is 2.54. The molecule has 0 fully saturated rings. The summed E-state index contributed by atoms with van der Waals surface area (Å²) in [6.07, 6.45) is 0. The van der Waals surface area contributed by atoms with Crippen molar-refractivity contribution < 1.29 is 0 Å². The third-order valence-electron chi connectivity index (χ3n) is 8.95. The predicted molar refractivity (Wildman–Crippen MR) is 205 cm³/mol. The standard InChI is InChI=1S/C45H29N3S/c1-4-12-30(13-5-1)31-22-24-32(25-23-31)35-26-27-40-39(29-35)42-38(20-11-21-41(42)49-40)36-18-10-19-37(28-36)45-47-43(33-14-6-2-7-15-33)46-44(48-45)34-16-8-3-9-17-34/h1-29H. The molecule has 0 radical (unpaired) electrons. The topological polar surface area (TPSA) is 38.7 Å². The van der Waals surface area contributed by atoms with Gasteiger partial charge in [0.1, 0.15) is 0 Å². The van der Waals surface area contributed by atoms with Gasteiger partial charge in [-0.25, -0.2) is 15.0 Å². The lowest BCUT2D eigenvalue weighted by atomic mass is 9.95. The fourth-order valence-corrected chi connectivity index (χ4v) is 7.61. The zero-order valence-electron chi connectivity index (χ0n) is 26.5. The Hall–Kier alpha value is -6.23. The van der Waals surface area contributed by atoms with E-state index in [0.29, 0.717) is 17.5 Å². The summed E-state index contributed by atoms with van der Waals surface area (Å²) in [5.41, 5.74) is 10.1. The van der Waals surface area contributed by atoms with Crippen LogP contribution in [0.1, 0.15) is 0 Å². The maximum atomic E-state index is 4.99. The van der Waals surface area contributed by atoms with Gasteiger partial charge in [-0.15, -0.1) is 11.3 Å². The molecule has 9 rings (SSSR count). The molecule has 7 aromatic carbocycles. The van der Waals surface area contributed by atoms with E-state index >= 15 is 0 Å². The highest BCUT2D eigenvalue weighted by molar-refractivity contribution is 7.26. The fraction of sp³-hybridized carbons (Fsp3) is 0. The quantitative estimate of drug-likeness (QED) is 0.181. The first kappa shape index (κ1) is 29.0. The molecule has 0 saturated heterocycles. The molecule has 0 spiro atoms. The summed E-state index contributed by atoms with van der Waals surface area (Å²) in [7, 11) is 0. The molecular formula is C45H29N3S. The van der Waals surface area contributed by atoms with Gasteiger partial charge in [0.15, 0.2) is 17.5 Å². The molecule has 4 heteroatoms. The van der Waals surface area contributed by atoms with Crippen LogP contribution in [0.25, 0.3) is 87.7 Å². The van der Waals surface area contributed by atoms with Crippen LogP contribution in [-0.4, -0.2) is 15.0 Å². The Morgan fingerprint density at radius 1 is 0.306 bits per heavy atom. The zero-order valence-corrected chi connectivity index (χ0v) is 27.3. The van der Waals surface area contributed by atoms with Crippen LogP contribution < -0.4 is 0 Å². The largest absolute Gasteiger partial charge is 0.208 e. The Labute approximate surface area is 288 Å². The van der Waals surface area contributed by atoms with E-state index < -0.39 is 0 Å². The minimum Gasteiger partial charge on any atom is -0.208 e. The number of hydrogen-bond acceptors (Lipinski definition) is 4. The highest BCUT2D eigenvalue weighted by Gasteiger charge is 2.16. The summed E-state index contributed by atoms with van der Waals surface area (Å²) in [6, 6.07) is 61.7. The third-order valence-corrected chi connectivity index (χ3v) is 10.1. The van der Waals surface area contributed by atoms with Crippen LogP contribution in [-0.2, 0) is 0 Å². The van der Waals surface area contributed by atoms with Crippen molar-refractivity contribution in [2.45, 2.75) is 0 Å². The van der Waals surface area contributed by atoms with E-state index in [2.05, 4.69) is 115 Å². The summed E-state index contributed by atoms with van der Waals surface area (Å²) in [4.78, 5) is 14.9. The van der Waals surface area contributed by atoms with Gasteiger partial charge >= 0.3 is 0 Å². The van der Waals surface area contributed by atoms with Crippen molar-refractivity contribution >= 4 is 31.5 Å². The molecule has 0 aliphatic rings. The van der Waals surface area contributed by atoms with Gasteiger partial charge in [0.05, 0.1) is 0 Å². The smallest absolute Gasteiger partial charge is 0.164 e. The molecule has 0 atom stereocenters. The Morgan fingerprint density at radius 2 is 0.776 bits per heavy atom. The number of hydrogen-bond donors (Lipinski definition) is 0. The summed E-state index contributed by atoms with van der Waals surface area (Å²) >= 11 is 1.84. The van der Waals surface area contributed by atoms with Gasteiger partial charge in [0.2, 0.25) is 0 Å². The van der Waals surface area contributed by atoms with Crippen LogP contribution in [0.3, 0.4) is 0 Å². The van der Waals surface area contributed by atoms with E-state index in [4.69, 9.17) is 15.0 Å². The molecule has 3 nitrogen and oxygen atoms in total. The maximum absolute atomic E-state index is 4.99. The Kier molecular flexibility index (Phi) is 7.34. The van der Waals surface area contributed by atoms with E-state index in [-0.39, 0.29) is 0 Å². The van der Waals surface area contributed by atoms with Crippen LogP contribution in [0.15, 0.2) is 176 Å². The monoisotopic (exact) mass is 643 g/mol. The highest BCUT2D eigenvalue weighted by atomic mass is 32.1. The highest BCUT2D eigenvalue weighted by Crippen LogP contribution is 2.42. The molecule has 2 aromatic heterocycles. The molecular weight excluding hydrogens is 615 g/mol. The van der Waals surface area contributed by atoms with Crippen LogP contribution in [0.2, 0.25) is 0 Å². The SMILES string of the molecule is c1ccc(-c2ccc(-c3ccc4sc5cccc(-c6cccc(-c7nc(-c8ccccc8)nc(-c8ccccc8)n7)c6)c5c4c3)cc2)cc1. The van der Waals surface area contributed by atoms with Gasteiger partial charge < -0.3 is 0 Å². The van der Waals surface area contributed by atoms with Gasteiger partial charge in [-0.05, 0) is 57.6 Å². The lowest BCUT2D eigenvalue weighted by molar-refractivity contribution is 1.07. The molecule has 2 heterocycles. The second kappa shape index (κ2) is 12.4. The van der Waals surface area contributed by atoms with Crippen LogP contribution in [0.5, 0.6) is 0 Å². The van der Waals surface area contributed by atoms with E-state index in [1.807, 2.05) is 72.0 Å². The van der Waals surface area contributed by atoms with Crippen LogP contribution in [0.4, 0.5) is 0 Å². The number of benzene rings is 7. The van der Waals surface area contributed by atoms with E-state index in [0.717, 1.165) is 22.3 Å². The molecule has 0 aliphatic carbocycles. The van der Waals surface area contributed by atoms with E-state index in [1.165, 1.54) is 48.0 Å². The molecule has 0 N–H and O–H groups in total. The third kappa shape index (κ3) is 5.58. The Morgan fingerprint density at radius 3 is 1.41 bits per heavy atom. The summed E-state index contributed by atoms with van der Waals surface area (Å²) < 4.78 is 2.55. The Balaban J connectivity index is 1.14. The first-order valence-corrected chi connectivity index (χ1v) is 17.2. The van der Waals surface area contributed by atoms with Gasteiger partial charge in [-0.2, -0.15) is 0 Å². The van der Waals surface area contributed by atoms with E-state index in [1.54, 1.807) is 0 Å². The van der Waals surface area contributed by atoms with Crippen molar-refractivity contribution in [3.05, 3.63) is 176 Å². The van der Waals surface area contributed by atoms with Crippen molar-refractivity contribution in [3.63, 3.8) is 0 Å². The molecule has 0 aliphatic heterocycles. The second-order valence-electron chi connectivity index (χ2n) is 12.1.